The molecule has 2 rings (SSSR count). The van der Waals surface area contributed by atoms with Gasteiger partial charge in [-0.05, 0) is 12.5 Å². The van der Waals surface area contributed by atoms with Crippen molar-refractivity contribution in [2.75, 3.05) is 5.32 Å². The zero-order valence-corrected chi connectivity index (χ0v) is 16.4. The van der Waals surface area contributed by atoms with E-state index in [1.165, 1.54) is 37.0 Å². The van der Waals surface area contributed by atoms with E-state index in [9.17, 15) is 22.8 Å². The van der Waals surface area contributed by atoms with E-state index in [4.69, 9.17) is 0 Å². The molecule has 0 saturated carbocycles. The van der Waals surface area contributed by atoms with Crippen molar-refractivity contribution in [1.82, 2.24) is 14.8 Å². The SMILES string of the molecule is CCCCCCCCc1nnc(NC(=O)Cn2cc(C(F)(F)F)ccc2=O)s1. The maximum atomic E-state index is 12.7. The summed E-state index contributed by atoms with van der Waals surface area (Å²) in [6, 6.07) is 1.48. The second-order valence-electron chi connectivity index (χ2n) is 6.45. The van der Waals surface area contributed by atoms with Crippen LogP contribution in [0.1, 0.15) is 56.0 Å². The number of pyridine rings is 1. The van der Waals surface area contributed by atoms with E-state index < -0.39 is 29.8 Å². The summed E-state index contributed by atoms with van der Waals surface area (Å²) in [6.07, 6.45) is 3.77. The number of hydrogen-bond acceptors (Lipinski definition) is 5. The molecule has 6 nitrogen and oxygen atoms in total. The van der Waals surface area contributed by atoms with E-state index in [2.05, 4.69) is 22.4 Å². The van der Waals surface area contributed by atoms with Crippen molar-refractivity contribution in [2.45, 2.75) is 64.6 Å². The van der Waals surface area contributed by atoms with Gasteiger partial charge in [0.2, 0.25) is 11.0 Å². The molecule has 0 spiro atoms. The van der Waals surface area contributed by atoms with Crippen LogP contribution in [0.25, 0.3) is 0 Å². The lowest BCUT2D eigenvalue weighted by Gasteiger charge is -2.10. The Morgan fingerprint density at radius 1 is 1.14 bits per heavy atom. The average Bonchev–Trinajstić information content (AvgIpc) is 3.06. The maximum Gasteiger partial charge on any atom is 0.417 e. The lowest BCUT2D eigenvalue weighted by Crippen LogP contribution is -2.28. The van der Waals surface area contributed by atoms with Gasteiger partial charge in [-0.1, -0.05) is 50.4 Å². The summed E-state index contributed by atoms with van der Waals surface area (Å²) in [7, 11) is 0. The summed E-state index contributed by atoms with van der Waals surface area (Å²) < 4.78 is 38.9. The monoisotopic (exact) mass is 416 g/mol. The molecule has 2 heterocycles. The summed E-state index contributed by atoms with van der Waals surface area (Å²) in [6.45, 7) is 1.63. The highest BCUT2D eigenvalue weighted by Gasteiger charge is 2.31. The van der Waals surface area contributed by atoms with Crippen LogP contribution in [0.4, 0.5) is 18.3 Å². The predicted molar refractivity (Wildman–Crippen MR) is 101 cm³/mol. The number of aryl methyl sites for hydroxylation is 1. The second-order valence-corrected chi connectivity index (χ2v) is 7.51. The Hall–Kier alpha value is -2.23. The van der Waals surface area contributed by atoms with Crippen LogP contribution in [-0.2, 0) is 23.9 Å². The number of amides is 1. The fraction of sp³-hybridized carbons (Fsp3) is 0.556. The highest BCUT2D eigenvalue weighted by molar-refractivity contribution is 7.15. The number of aromatic nitrogens is 3. The van der Waals surface area contributed by atoms with Crippen LogP contribution in [0.2, 0.25) is 0 Å². The third-order valence-electron chi connectivity index (χ3n) is 4.08. The number of anilines is 1. The van der Waals surface area contributed by atoms with Gasteiger partial charge in [-0.25, -0.2) is 0 Å². The highest BCUT2D eigenvalue weighted by atomic mass is 32.1. The van der Waals surface area contributed by atoms with Gasteiger partial charge in [0.05, 0.1) is 5.56 Å². The van der Waals surface area contributed by atoms with Crippen LogP contribution < -0.4 is 10.9 Å². The molecule has 2 aromatic rings. The van der Waals surface area contributed by atoms with Gasteiger partial charge in [0, 0.05) is 18.7 Å². The van der Waals surface area contributed by atoms with Crippen LogP contribution in [0, 0.1) is 0 Å². The predicted octanol–water partition coefficient (Wildman–Crippen LogP) is 4.26. The molecular formula is C18H23F3N4O2S. The van der Waals surface area contributed by atoms with Crippen molar-refractivity contribution >= 4 is 22.4 Å². The third kappa shape index (κ3) is 7.06. The second kappa shape index (κ2) is 10.4. The Labute approximate surface area is 164 Å². The van der Waals surface area contributed by atoms with Gasteiger partial charge in [0.1, 0.15) is 11.6 Å². The van der Waals surface area contributed by atoms with Gasteiger partial charge in [0.15, 0.2) is 0 Å². The fourth-order valence-corrected chi connectivity index (χ4v) is 3.40. The Balaban J connectivity index is 1.85. The molecule has 1 amide bonds. The van der Waals surface area contributed by atoms with Crippen molar-refractivity contribution in [3.8, 4) is 0 Å². The number of carbonyl (C=O) groups excluding carboxylic acids is 1. The Kier molecular flexibility index (Phi) is 8.16. The Morgan fingerprint density at radius 2 is 1.86 bits per heavy atom. The Bertz CT molecular complexity index is 833. The number of hydrogen-bond donors (Lipinski definition) is 1. The first kappa shape index (κ1) is 22.1. The maximum absolute atomic E-state index is 12.7. The van der Waals surface area contributed by atoms with Crippen molar-refractivity contribution in [3.05, 3.63) is 39.3 Å². The van der Waals surface area contributed by atoms with Gasteiger partial charge < -0.3 is 4.57 Å². The van der Waals surface area contributed by atoms with Gasteiger partial charge in [-0.3, -0.25) is 14.9 Å². The summed E-state index contributed by atoms with van der Waals surface area (Å²) in [4.78, 5) is 23.7. The topological polar surface area (TPSA) is 76.9 Å². The molecule has 0 aliphatic heterocycles. The molecular weight excluding hydrogens is 393 g/mol. The molecule has 0 fully saturated rings. The molecule has 0 aromatic carbocycles. The first-order valence-corrected chi connectivity index (χ1v) is 10.0. The van der Waals surface area contributed by atoms with E-state index >= 15 is 0 Å². The molecule has 0 unspecified atom stereocenters. The van der Waals surface area contributed by atoms with E-state index in [0.29, 0.717) is 12.3 Å². The zero-order valence-electron chi connectivity index (χ0n) is 15.6. The minimum atomic E-state index is -4.59. The number of nitrogens with zero attached hydrogens (tertiary/aromatic N) is 3. The summed E-state index contributed by atoms with van der Waals surface area (Å²) in [5.74, 6) is -0.635. The molecule has 0 saturated heterocycles. The lowest BCUT2D eigenvalue weighted by atomic mass is 10.1. The van der Waals surface area contributed by atoms with Crippen molar-refractivity contribution in [1.29, 1.82) is 0 Å². The molecule has 0 atom stereocenters. The summed E-state index contributed by atoms with van der Waals surface area (Å²) in [5, 5.41) is 11.4. The number of halogens is 3. The normalized spacial score (nSPS) is 11.6. The first-order chi connectivity index (χ1) is 13.3. The molecule has 1 N–H and O–H groups in total. The Morgan fingerprint density at radius 3 is 2.57 bits per heavy atom. The van der Waals surface area contributed by atoms with Gasteiger partial charge >= 0.3 is 6.18 Å². The molecule has 0 radical (unpaired) electrons. The van der Waals surface area contributed by atoms with Gasteiger partial charge in [0.25, 0.3) is 5.56 Å². The first-order valence-electron chi connectivity index (χ1n) is 9.19. The number of nitrogens with one attached hydrogen (secondary N) is 1. The van der Waals surface area contributed by atoms with E-state index in [-0.39, 0.29) is 5.13 Å². The minimum absolute atomic E-state index is 0.269. The van der Waals surface area contributed by atoms with Gasteiger partial charge in [-0.2, -0.15) is 13.2 Å². The molecule has 154 valence electrons. The van der Waals surface area contributed by atoms with Gasteiger partial charge in [-0.15, -0.1) is 10.2 Å². The molecule has 0 aliphatic rings. The number of rotatable bonds is 10. The molecule has 28 heavy (non-hydrogen) atoms. The summed E-state index contributed by atoms with van der Waals surface area (Å²) in [5.41, 5.74) is -1.68. The van der Waals surface area contributed by atoms with Crippen LogP contribution in [0.15, 0.2) is 23.1 Å². The molecule has 0 aliphatic carbocycles. The van der Waals surface area contributed by atoms with Crippen molar-refractivity contribution < 1.29 is 18.0 Å². The number of carbonyl (C=O) groups is 1. The minimum Gasteiger partial charge on any atom is -0.305 e. The van der Waals surface area contributed by atoms with Crippen molar-refractivity contribution in [2.24, 2.45) is 0 Å². The summed E-state index contributed by atoms with van der Waals surface area (Å²) >= 11 is 1.23. The third-order valence-corrected chi connectivity index (χ3v) is 4.98. The molecule has 0 bridgehead atoms. The average molecular weight is 416 g/mol. The van der Waals surface area contributed by atoms with Crippen LogP contribution in [0.3, 0.4) is 0 Å². The largest absolute Gasteiger partial charge is 0.417 e. The smallest absolute Gasteiger partial charge is 0.305 e. The zero-order chi connectivity index (χ0) is 20.6. The fourth-order valence-electron chi connectivity index (χ4n) is 2.60. The van der Waals surface area contributed by atoms with Crippen LogP contribution >= 0.6 is 11.3 Å². The highest BCUT2D eigenvalue weighted by Crippen LogP contribution is 2.28. The number of alkyl halides is 3. The van der Waals surface area contributed by atoms with E-state index in [1.807, 2.05) is 0 Å². The van der Waals surface area contributed by atoms with E-state index in [0.717, 1.165) is 34.9 Å². The van der Waals surface area contributed by atoms with Crippen molar-refractivity contribution in [3.63, 3.8) is 0 Å². The molecule has 10 heteroatoms. The van der Waals surface area contributed by atoms with Crippen LogP contribution in [-0.4, -0.2) is 20.7 Å². The van der Waals surface area contributed by atoms with Crippen LogP contribution in [0.5, 0.6) is 0 Å². The number of unbranched alkanes of at least 4 members (excludes halogenated alkanes) is 5. The quantitative estimate of drug-likeness (QED) is 0.587. The standard InChI is InChI=1S/C18H23F3N4O2S/c1-2-3-4-5-6-7-8-15-23-24-17(28-15)22-14(26)12-25-11-13(18(19,20)21)9-10-16(25)27/h9-11H,2-8,12H2,1H3,(H,22,24,26). The lowest BCUT2D eigenvalue weighted by molar-refractivity contribution is -0.138. The molecule has 2 aromatic heterocycles. The van der Waals surface area contributed by atoms with E-state index in [1.54, 1.807) is 0 Å².